The lowest BCUT2D eigenvalue weighted by Gasteiger charge is -2.48. The molecule has 0 saturated carbocycles. The van der Waals surface area contributed by atoms with Crippen LogP contribution >= 0.6 is 11.3 Å². The minimum atomic E-state index is -4.95. The first-order valence-electron chi connectivity index (χ1n) is 13.4. The molecular formula is C33H30F6NS+. The van der Waals surface area contributed by atoms with E-state index >= 15 is 17.6 Å². The van der Waals surface area contributed by atoms with E-state index in [-0.39, 0.29) is 10.1 Å². The topological polar surface area (TPSA) is 3.88 Å². The molecule has 6 rings (SSSR count). The number of aryl methyl sites for hydroxylation is 2. The Morgan fingerprint density at radius 3 is 2.00 bits per heavy atom. The van der Waals surface area contributed by atoms with Crippen LogP contribution < -0.4 is 4.57 Å². The van der Waals surface area contributed by atoms with Crippen molar-refractivity contribution in [3.05, 3.63) is 77.0 Å². The number of aromatic nitrogens is 1. The van der Waals surface area contributed by atoms with Gasteiger partial charge in [0.25, 0.3) is 5.92 Å². The van der Waals surface area contributed by atoms with Crippen molar-refractivity contribution in [3.63, 3.8) is 0 Å². The highest BCUT2D eigenvalue weighted by Crippen LogP contribution is 2.67. The van der Waals surface area contributed by atoms with Gasteiger partial charge >= 0.3 is 11.8 Å². The van der Waals surface area contributed by atoms with E-state index < -0.39 is 34.3 Å². The lowest BCUT2D eigenvalue weighted by molar-refractivity contribution is -0.659. The molecule has 0 atom stereocenters. The molecule has 41 heavy (non-hydrogen) atoms. The smallest absolute Gasteiger partial charge is 0.200 e. The second-order valence-electron chi connectivity index (χ2n) is 12.8. The summed E-state index contributed by atoms with van der Waals surface area (Å²) in [6.45, 7) is 9.45. The first kappa shape index (κ1) is 28.0. The molecule has 8 heteroatoms. The summed E-state index contributed by atoms with van der Waals surface area (Å²) in [6, 6.07) is 13.9. The van der Waals surface area contributed by atoms with Crippen LogP contribution in [0.15, 0.2) is 54.7 Å². The molecule has 1 nitrogen and oxygen atoms in total. The van der Waals surface area contributed by atoms with Crippen molar-refractivity contribution in [1.82, 2.24) is 0 Å². The number of fused-ring (bicyclic) bond motifs is 5. The fourth-order valence-corrected chi connectivity index (χ4v) is 7.55. The summed E-state index contributed by atoms with van der Waals surface area (Å²) in [5, 5.41) is 3.16. The molecule has 214 valence electrons. The summed E-state index contributed by atoms with van der Waals surface area (Å²) in [7, 11) is 1.88. The Bertz CT molecular complexity index is 1910. The number of rotatable bonds is 1. The SMILES string of the molecule is Cc1c(-c2c3sc4cc5c(cc4c3cc[n+]2C)C(F)(F)C(C)(C)C(F)(F)C5(F)F)cc(C(C)(C)C)c2ccccc12. The summed E-state index contributed by atoms with van der Waals surface area (Å²) in [4.78, 5) is 0. The Kier molecular flexibility index (Phi) is 5.63. The molecule has 0 unspecified atom stereocenters. The molecule has 2 aromatic heterocycles. The Hall–Kier alpha value is -3.13. The third-order valence-electron chi connectivity index (χ3n) is 8.92. The van der Waals surface area contributed by atoms with Crippen molar-refractivity contribution in [2.24, 2.45) is 12.5 Å². The molecule has 0 spiro atoms. The van der Waals surface area contributed by atoms with Gasteiger partial charge in [0.15, 0.2) is 6.20 Å². The van der Waals surface area contributed by atoms with E-state index in [4.69, 9.17) is 0 Å². The first-order chi connectivity index (χ1) is 18.8. The Morgan fingerprint density at radius 2 is 1.37 bits per heavy atom. The van der Waals surface area contributed by atoms with Crippen molar-refractivity contribution in [3.8, 4) is 11.3 Å². The van der Waals surface area contributed by atoms with Crippen LogP contribution in [0, 0.1) is 12.3 Å². The number of nitrogens with zero attached hydrogens (tertiary/aromatic N) is 1. The summed E-state index contributed by atoms with van der Waals surface area (Å²) in [6.07, 6.45) is 1.82. The fraction of sp³-hybridized carbons (Fsp3) is 0.364. The largest absolute Gasteiger partial charge is 0.336 e. The highest BCUT2D eigenvalue weighted by molar-refractivity contribution is 7.26. The van der Waals surface area contributed by atoms with Crippen molar-refractivity contribution >= 4 is 42.3 Å². The van der Waals surface area contributed by atoms with Crippen LogP contribution in [0.2, 0.25) is 0 Å². The molecule has 5 aromatic rings. The molecule has 0 amide bonds. The van der Waals surface area contributed by atoms with E-state index in [9.17, 15) is 8.78 Å². The van der Waals surface area contributed by atoms with Gasteiger partial charge in [0.1, 0.15) is 17.2 Å². The van der Waals surface area contributed by atoms with Gasteiger partial charge in [0.05, 0.1) is 5.56 Å². The van der Waals surface area contributed by atoms with Gasteiger partial charge in [-0.2, -0.15) is 22.1 Å². The second kappa shape index (κ2) is 8.24. The average molecular weight is 587 g/mol. The van der Waals surface area contributed by atoms with Gasteiger partial charge in [0.2, 0.25) is 5.69 Å². The average Bonchev–Trinajstić information content (AvgIpc) is 3.24. The van der Waals surface area contributed by atoms with E-state index in [0.29, 0.717) is 29.3 Å². The van der Waals surface area contributed by atoms with Gasteiger partial charge in [-0.15, -0.1) is 11.3 Å². The van der Waals surface area contributed by atoms with Crippen LogP contribution in [-0.2, 0) is 24.3 Å². The molecule has 2 heterocycles. The van der Waals surface area contributed by atoms with Crippen LogP contribution in [0.1, 0.15) is 56.9 Å². The molecule has 0 radical (unpaired) electrons. The van der Waals surface area contributed by atoms with Crippen molar-refractivity contribution in [1.29, 1.82) is 0 Å². The van der Waals surface area contributed by atoms with E-state index in [2.05, 4.69) is 39.0 Å². The van der Waals surface area contributed by atoms with Gasteiger partial charge < -0.3 is 0 Å². The van der Waals surface area contributed by atoms with Crippen molar-refractivity contribution < 1.29 is 30.9 Å². The molecule has 3 aromatic carbocycles. The maximum absolute atomic E-state index is 15.6. The zero-order valence-electron chi connectivity index (χ0n) is 23.8. The molecule has 1 aliphatic rings. The minimum Gasteiger partial charge on any atom is -0.200 e. The van der Waals surface area contributed by atoms with E-state index in [1.165, 1.54) is 0 Å². The summed E-state index contributed by atoms with van der Waals surface area (Å²) in [5.41, 5.74) is -1.95. The molecule has 0 bridgehead atoms. The predicted octanol–water partition coefficient (Wildman–Crippen LogP) is 10.2. The summed E-state index contributed by atoms with van der Waals surface area (Å²) >= 11 is 1.15. The minimum absolute atomic E-state index is 0.192. The number of thiophene rings is 1. The van der Waals surface area contributed by atoms with Crippen LogP contribution in [0.4, 0.5) is 26.3 Å². The van der Waals surface area contributed by atoms with Gasteiger partial charge in [0, 0.05) is 32.7 Å². The van der Waals surface area contributed by atoms with Crippen LogP contribution in [-0.4, -0.2) is 5.92 Å². The third kappa shape index (κ3) is 3.46. The molecule has 0 aliphatic heterocycles. The third-order valence-corrected chi connectivity index (χ3v) is 10.1. The number of halogens is 6. The van der Waals surface area contributed by atoms with E-state index in [0.717, 1.165) is 56.6 Å². The Labute approximate surface area is 238 Å². The summed E-state index contributed by atoms with van der Waals surface area (Å²) in [5.74, 6) is -13.9. The molecule has 1 aliphatic carbocycles. The lowest BCUT2D eigenvalue weighted by Crippen LogP contribution is -2.60. The second-order valence-corrected chi connectivity index (χ2v) is 13.8. The zero-order valence-corrected chi connectivity index (χ0v) is 24.6. The van der Waals surface area contributed by atoms with Gasteiger partial charge in [-0.3, -0.25) is 0 Å². The standard InChI is InChI=1S/C33H30F6NS/c1-17-18-10-8-9-11-19(18)23(29(2,3)4)14-21(17)27-28-20(12-13-40(27)7)22-15-24-25(16-26(22)41-28)32(36,37)33(38,39)30(5,6)31(24,34)35/h8-16H,1-7H3/q+1. The predicted molar refractivity (Wildman–Crippen MR) is 153 cm³/mol. The quantitative estimate of drug-likeness (QED) is 0.136. The Balaban J connectivity index is 1.72. The number of pyridine rings is 1. The van der Waals surface area contributed by atoms with Crippen molar-refractivity contribution in [2.75, 3.05) is 0 Å². The summed E-state index contributed by atoms with van der Waals surface area (Å²) < 4.78 is 94.6. The maximum atomic E-state index is 15.6. The van der Waals surface area contributed by atoms with Gasteiger partial charge in [-0.1, -0.05) is 45.0 Å². The molecule has 0 N–H and O–H groups in total. The lowest BCUT2D eigenvalue weighted by atomic mass is 9.66. The van der Waals surface area contributed by atoms with E-state index in [1.807, 2.05) is 36.9 Å². The zero-order chi connectivity index (χ0) is 30.1. The van der Waals surface area contributed by atoms with Gasteiger partial charge in [-0.05, 0) is 66.3 Å². The number of hydrogen-bond donors (Lipinski definition) is 0. The normalized spacial score (nSPS) is 19.1. The van der Waals surface area contributed by atoms with E-state index in [1.54, 1.807) is 6.07 Å². The highest BCUT2D eigenvalue weighted by atomic mass is 32.1. The molecule has 0 saturated heterocycles. The molecule has 0 fully saturated rings. The highest BCUT2D eigenvalue weighted by Gasteiger charge is 2.78. The van der Waals surface area contributed by atoms with Crippen molar-refractivity contribution in [2.45, 2.75) is 64.7 Å². The first-order valence-corrected chi connectivity index (χ1v) is 14.2. The van der Waals surface area contributed by atoms with Gasteiger partial charge in [-0.25, -0.2) is 8.78 Å². The Morgan fingerprint density at radius 1 is 0.756 bits per heavy atom. The van der Waals surface area contributed by atoms with Crippen LogP contribution in [0.5, 0.6) is 0 Å². The molecular weight excluding hydrogens is 556 g/mol. The number of hydrogen-bond acceptors (Lipinski definition) is 1. The number of benzene rings is 3. The maximum Gasteiger partial charge on any atom is 0.336 e. The van der Waals surface area contributed by atoms with Crippen LogP contribution in [0.25, 0.3) is 42.2 Å². The number of alkyl halides is 6. The van der Waals surface area contributed by atoms with Crippen LogP contribution in [0.3, 0.4) is 0 Å². The monoisotopic (exact) mass is 586 g/mol. The fourth-order valence-electron chi connectivity index (χ4n) is 6.24.